The molecule has 112 valence electrons. The summed E-state index contributed by atoms with van der Waals surface area (Å²) in [4.78, 5) is 10.9. The Balaban J connectivity index is 1.77. The van der Waals surface area contributed by atoms with E-state index in [9.17, 15) is 0 Å². The van der Waals surface area contributed by atoms with Gasteiger partial charge in [-0.15, -0.1) is 0 Å². The molecule has 0 spiro atoms. The van der Waals surface area contributed by atoms with Gasteiger partial charge in [0.2, 0.25) is 5.82 Å². The molecule has 0 bridgehead atoms. The number of hydrogen-bond acceptors (Lipinski definition) is 7. The molecule has 0 amide bonds. The van der Waals surface area contributed by atoms with E-state index in [4.69, 9.17) is 15.0 Å². The predicted molar refractivity (Wildman–Crippen MR) is 77.3 cm³/mol. The molecule has 7 nitrogen and oxygen atoms in total. The summed E-state index contributed by atoms with van der Waals surface area (Å²) in [6.07, 6.45) is 1.41. The number of nitrogen functional groups attached to an aromatic ring is 1. The van der Waals surface area contributed by atoms with Crippen molar-refractivity contribution in [2.75, 3.05) is 25.4 Å². The first-order valence-electron chi connectivity index (χ1n) is 7.04. The third-order valence-corrected chi connectivity index (χ3v) is 3.56. The van der Waals surface area contributed by atoms with Gasteiger partial charge < -0.3 is 15.0 Å². The second kappa shape index (κ2) is 5.79. The molecule has 1 unspecified atom stereocenters. The number of aromatic nitrogens is 3. The molecule has 1 fully saturated rings. The van der Waals surface area contributed by atoms with Crippen molar-refractivity contribution in [2.24, 2.45) is 0 Å². The van der Waals surface area contributed by atoms with Gasteiger partial charge >= 0.3 is 0 Å². The molecule has 1 aliphatic rings. The summed E-state index contributed by atoms with van der Waals surface area (Å²) in [7, 11) is 0. The van der Waals surface area contributed by atoms with Gasteiger partial charge in [0.25, 0.3) is 5.89 Å². The minimum absolute atomic E-state index is 0.160. The molecule has 7 heteroatoms. The Labute approximate surface area is 123 Å². The molecule has 21 heavy (non-hydrogen) atoms. The van der Waals surface area contributed by atoms with Crippen LogP contribution in [0.25, 0.3) is 11.6 Å². The van der Waals surface area contributed by atoms with Crippen LogP contribution in [-0.4, -0.2) is 45.8 Å². The number of pyridine rings is 1. The van der Waals surface area contributed by atoms with Crippen LogP contribution in [0.2, 0.25) is 0 Å². The number of nitrogens with zero attached hydrogens (tertiary/aromatic N) is 4. The zero-order chi connectivity index (χ0) is 14.8. The second-order valence-electron chi connectivity index (χ2n) is 5.38. The zero-order valence-electron chi connectivity index (χ0n) is 12.2. The van der Waals surface area contributed by atoms with E-state index in [1.54, 1.807) is 18.3 Å². The van der Waals surface area contributed by atoms with Crippen molar-refractivity contribution in [1.29, 1.82) is 0 Å². The largest absolute Gasteiger partial charge is 0.397 e. The van der Waals surface area contributed by atoms with Crippen LogP contribution < -0.4 is 5.73 Å². The van der Waals surface area contributed by atoms with Gasteiger partial charge in [0, 0.05) is 19.1 Å². The maximum Gasteiger partial charge on any atom is 0.276 e. The minimum atomic E-state index is -0.160. The van der Waals surface area contributed by atoms with Crippen LogP contribution in [0.4, 0.5) is 5.69 Å². The van der Waals surface area contributed by atoms with Crippen LogP contribution >= 0.6 is 0 Å². The summed E-state index contributed by atoms with van der Waals surface area (Å²) >= 11 is 0. The van der Waals surface area contributed by atoms with Crippen molar-refractivity contribution in [3.05, 3.63) is 24.2 Å². The van der Waals surface area contributed by atoms with Crippen LogP contribution in [0, 0.1) is 0 Å². The van der Waals surface area contributed by atoms with Gasteiger partial charge in [-0.25, -0.2) is 4.98 Å². The molecule has 2 aromatic heterocycles. The van der Waals surface area contributed by atoms with Gasteiger partial charge in [-0.1, -0.05) is 5.16 Å². The van der Waals surface area contributed by atoms with Crippen molar-refractivity contribution < 1.29 is 9.26 Å². The number of hydrogen-bond donors (Lipinski definition) is 1. The highest BCUT2D eigenvalue weighted by molar-refractivity contribution is 5.50. The smallest absolute Gasteiger partial charge is 0.276 e. The predicted octanol–water partition coefficient (Wildman–Crippen LogP) is 1.50. The maximum absolute atomic E-state index is 5.75. The number of morpholine rings is 1. The highest BCUT2D eigenvalue weighted by atomic mass is 16.5. The van der Waals surface area contributed by atoms with E-state index in [0.717, 1.165) is 13.1 Å². The van der Waals surface area contributed by atoms with Gasteiger partial charge in [0.1, 0.15) is 11.8 Å². The van der Waals surface area contributed by atoms with Gasteiger partial charge in [-0.3, -0.25) is 4.90 Å². The van der Waals surface area contributed by atoms with E-state index in [-0.39, 0.29) is 6.10 Å². The quantitative estimate of drug-likeness (QED) is 0.915. The third-order valence-electron chi connectivity index (χ3n) is 3.56. The van der Waals surface area contributed by atoms with Gasteiger partial charge in [0.15, 0.2) is 0 Å². The van der Waals surface area contributed by atoms with Gasteiger partial charge in [-0.2, -0.15) is 4.98 Å². The van der Waals surface area contributed by atoms with Crippen LogP contribution in [0.3, 0.4) is 0 Å². The Morgan fingerprint density at radius 3 is 2.95 bits per heavy atom. The summed E-state index contributed by atoms with van der Waals surface area (Å²) < 4.78 is 11.0. The van der Waals surface area contributed by atoms with Crippen LogP contribution in [-0.2, 0) is 4.74 Å². The summed E-state index contributed by atoms with van der Waals surface area (Å²) in [5, 5.41) is 4.02. The molecule has 0 radical (unpaired) electrons. The molecule has 0 aromatic carbocycles. The first-order valence-corrected chi connectivity index (χ1v) is 7.04. The van der Waals surface area contributed by atoms with Gasteiger partial charge in [0.05, 0.1) is 18.5 Å². The Morgan fingerprint density at radius 2 is 2.24 bits per heavy atom. The van der Waals surface area contributed by atoms with E-state index in [1.807, 2.05) is 0 Å². The molecule has 1 saturated heterocycles. The molecule has 3 heterocycles. The van der Waals surface area contributed by atoms with Crippen molar-refractivity contribution in [1.82, 2.24) is 20.0 Å². The lowest BCUT2D eigenvalue weighted by atomic mass is 10.2. The van der Waals surface area contributed by atoms with E-state index in [1.165, 1.54) is 0 Å². The Hall–Kier alpha value is -1.99. The Bertz CT molecular complexity index is 596. The van der Waals surface area contributed by atoms with E-state index in [0.29, 0.717) is 35.7 Å². The SMILES string of the molecule is CC(C)N1CCOC(c2noc(-c3ccc(N)cn3)n2)C1. The highest BCUT2D eigenvalue weighted by Gasteiger charge is 2.27. The molecule has 0 saturated carbocycles. The van der Waals surface area contributed by atoms with Crippen LogP contribution in [0.1, 0.15) is 25.8 Å². The van der Waals surface area contributed by atoms with Crippen molar-refractivity contribution in [3.8, 4) is 11.6 Å². The van der Waals surface area contributed by atoms with E-state index >= 15 is 0 Å². The van der Waals surface area contributed by atoms with Crippen LogP contribution in [0.5, 0.6) is 0 Å². The molecule has 3 rings (SSSR count). The summed E-state index contributed by atoms with van der Waals surface area (Å²) in [5.41, 5.74) is 6.83. The highest BCUT2D eigenvalue weighted by Crippen LogP contribution is 2.23. The van der Waals surface area contributed by atoms with Crippen molar-refractivity contribution in [3.63, 3.8) is 0 Å². The average molecular weight is 289 g/mol. The van der Waals surface area contributed by atoms with E-state index in [2.05, 4.69) is 33.9 Å². The molecule has 1 atom stereocenters. The number of ether oxygens (including phenoxy) is 1. The first-order chi connectivity index (χ1) is 10.1. The Kier molecular flexibility index (Phi) is 3.85. The van der Waals surface area contributed by atoms with Crippen LogP contribution in [0.15, 0.2) is 22.9 Å². The number of anilines is 1. The molecule has 0 aliphatic carbocycles. The normalized spacial score (nSPS) is 20.0. The summed E-state index contributed by atoms with van der Waals surface area (Å²) in [6.45, 7) is 6.71. The topological polar surface area (TPSA) is 90.3 Å². The molecule has 2 aromatic rings. The Morgan fingerprint density at radius 1 is 1.38 bits per heavy atom. The minimum Gasteiger partial charge on any atom is -0.397 e. The molecular weight excluding hydrogens is 270 g/mol. The average Bonchev–Trinajstić information content (AvgIpc) is 2.98. The van der Waals surface area contributed by atoms with Gasteiger partial charge in [-0.05, 0) is 26.0 Å². The number of rotatable bonds is 3. The maximum atomic E-state index is 5.75. The van der Waals surface area contributed by atoms with Crippen molar-refractivity contribution in [2.45, 2.75) is 26.0 Å². The lowest BCUT2D eigenvalue weighted by Crippen LogP contribution is -2.42. The fourth-order valence-electron chi connectivity index (χ4n) is 2.30. The standard InChI is InChI=1S/C14H19N5O2/c1-9(2)19-5-6-20-12(8-19)13-17-14(21-18-13)11-4-3-10(15)7-16-11/h3-4,7,9,12H,5-6,8,15H2,1-2H3. The first kappa shape index (κ1) is 14.0. The molecular formula is C14H19N5O2. The molecule has 2 N–H and O–H groups in total. The monoisotopic (exact) mass is 289 g/mol. The third kappa shape index (κ3) is 3.03. The van der Waals surface area contributed by atoms with Crippen molar-refractivity contribution >= 4 is 5.69 Å². The lowest BCUT2D eigenvalue weighted by Gasteiger charge is -2.34. The lowest BCUT2D eigenvalue weighted by molar-refractivity contribution is -0.0450. The fourth-order valence-corrected chi connectivity index (χ4v) is 2.30. The van der Waals surface area contributed by atoms with E-state index < -0.39 is 0 Å². The zero-order valence-corrected chi connectivity index (χ0v) is 12.2. The number of nitrogens with two attached hydrogens (primary N) is 1. The summed E-state index contributed by atoms with van der Waals surface area (Å²) in [5.74, 6) is 0.948. The fraction of sp³-hybridized carbons (Fsp3) is 0.500. The second-order valence-corrected chi connectivity index (χ2v) is 5.38. The molecule has 1 aliphatic heterocycles. The summed E-state index contributed by atoms with van der Waals surface area (Å²) in [6, 6.07) is 3.99.